The molecule has 0 atom stereocenters. The third-order valence-corrected chi connectivity index (χ3v) is 7.42. The molecule has 0 aliphatic heterocycles. The Morgan fingerprint density at radius 3 is 1.39 bits per heavy atom. The maximum Gasteiger partial charge on any atom is 0.210 e. The lowest BCUT2D eigenvalue weighted by molar-refractivity contribution is 0.0991. The second kappa shape index (κ2) is 10.1. The van der Waals surface area contributed by atoms with Gasteiger partial charge in [-0.25, -0.2) is 0 Å². The number of fused-ring (bicyclic) bond motifs is 1. The van der Waals surface area contributed by atoms with Crippen LogP contribution in [0.15, 0.2) is 111 Å². The molecule has 3 aromatic carbocycles. The van der Waals surface area contributed by atoms with Crippen LogP contribution in [0.3, 0.4) is 0 Å². The van der Waals surface area contributed by atoms with Crippen LogP contribution < -0.4 is 0 Å². The van der Waals surface area contributed by atoms with Gasteiger partial charge >= 0.3 is 0 Å². The number of carbonyl (C=O) groups is 3. The number of ketones is 3. The first-order chi connectivity index (χ1) is 17.3. The fourth-order valence-corrected chi connectivity index (χ4v) is 4.90. The third kappa shape index (κ3) is 4.54. The predicted molar refractivity (Wildman–Crippen MR) is 150 cm³/mol. The first-order valence-electron chi connectivity index (χ1n) is 10.9. The largest absolute Gasteiger partial charge is 0.312 e. The monoisotopic (exact) mass is 663 g/mol. The van der Waals surface area contributed by atoms with Gasteiger partial charge < -0.3 is 4.40 Å². The summed E-state index contributed by atoms with van der Waals surface area (Å²) in [5.41, 5.74) is 2.14. The smallest absolute Gasteiger partial charge is 0.210 e. The van der Waals surface area contributed by atoms with Crippen molar-refractivity contribution in [1.29, 1.82) is 0 Å². The van der Waals surface area contributed by atoms with Crippen LogP contribution in [-0.4, -0.2) is 21.8 Å². The molecule has 0 bridgehead atoms. The van der Waals surface area contributed by atoms with Crippen LogP contribution in [0.2, 0.25) is 0 Å². The molecule has 2 aromatic heterocycles. The molecular weight excluding hydrogens is 650 g/mol. The maximum atomic E-state index is 14.0. The van der Waals surface area contributed by atoms with Gasteiger partial charge in [0, 0.05) is 36.3 Å². The molecule has 5 aromatic rings. The van der Waals surface area contributed by atoms with Gasteiger partial charge in [-0.3, -0.25) is 14.4 Å². The number of nitrogens with zero attached hydrogens (tertiary/aromatic N) is 1. The maximum absolute atomic E-state index is 14.0. The van der Waals surface area contributed by atoms with E-state index >= 15 is 0 Å². The van der Waals surface area contributed by atoms with Gasteiger partial charge in [-0.1, -0.05) is 53.9 Å². The molecule has 0 unspecified atom stereocenters. The van der Waals surface area contributed by atoms with Gasteiger partial charge in [0.05, 0.1) is 16.6 Å². The second-order valence-electron chi connectivity index (χ2n) is 8.06. The van der Waals surface area contributed by atoms with Crippen LogP contribution in [0.25, 0.3) is 5.52 Å². The van der Waals surface area contributed by atoms with Crippen molar-refractivity contribution in [3.8, 4) is 0 Å². The van der Waals surface area contributed by atoms with Gasteiger partial charge in [-0.05, 0) is 84.9 Å². The van der Waals surface area contributed by atoms with E-state index in [1.165, 1.54) is 0 Å². The van der Waals surface area contributed by atoms with Crippen LogP contribution in [-0.2, 0) is 0 Å². The van der Waals surface area contributed by atoms with Crippen molar-refractivity contribution in [2.24, 2.45) is 0 Å². The Kier molecular flexibility index (Phi) is 6.88. The average molecular weight is 666 g/mol. The van der Waals surface area contributed by atoms with Crippen molar-refractivity contribution in [1.82, 2.24) is 4.40 Å². The van der Waals surface area contributed by atoms with E-state index in [9.17, 15) is 14.4 Å². The molecule has 0 spiro atoms. The van der Waals surface area contributed by atoms with Crippen LogP contribution in [0.5, 0.6) is 0 Å². The minimum atomic E-state index is -0.396. The normalized spacial score (nSPS) is 11.0. The molecule has 7 heteroatoms. The minimum Gasteiger partial charge on any atom is -0.312 e. The predicted octanol–water partition coefficient (Wildman–Crippen LogP) is 7.92. The third-order valence-electron chi connectivity index (χ3n) is 5.83. The Balaban J connectivity index is 1.82. The zero-order chi connectivity index (χ0) is 25.4. The van der Waals surface area contributed by atoms with E-state index in [2.05, 4.69) is 47.8 Å². The first-order valence-corrected chi connectivity index (χ1v) is 13.3. The van der Waals surface area contributed by atoms with Gasteiger partial charge in [0.25, 0.3) is 0 Å². The van der Waals surface area contributed by atoms with Gasteiger partial charge in [0.1, 0.15) is 5.69 Å². The number of hydrogen-bond acceptors (Lipinski definition) is 3. The molecule has 0 aliphatic carbocycles. The van der Waals surface area contributed by atoms with Crippen LogP contribution in [0, 0.1) is 0 Å². The highest BCUT2D eigenvalue weighted by atomic mass is 79.9. The zero-order valence-corrected chi connectivity index (χ0v) is 23.3. The molecule has 176 valence electrons. The van der Waals surface area contributed by atoms with Gasteiger partial charge in [0.15, 0.2) is 11.6 Å². The minimum absolute atomic E-state index is 0.0874. The molecule has 2 heterocycles. The Morgan fingerprint density at radius 2 is 0.917 bits per heavy atom. The second-order valence-corrected chi connectivity index (χ2v) is 10.8. The Morgan fingerprint density at radius 1 is 0.500 bits per heavy atom. The summed E-state index contributed by atoms with van der Waals surface area (Å²) in [5.74, 6) is -1.08. The average Bonchev–Trinajstić information content (AvgIpc) is 3.24. The highest BCUT2D eigenvalue weighted by molar-refractivity contribution is 9.11. The highest BCUT2D eigenvalue weighted by Crippen LogP contribution is 2.31. The standard InChI is InChI=1S/C29H16Br3NO3/c30-20-10-4-17(5-11-20)27(34)24-23-3-1-2-16-33(23)26(29(36)19-8-14-22(32)15-9-19)25(24)28(35)18-6-12-21(31)13-7-18/h1-16H. The van der Waals surface area contributed by atoms with Crippen LogP contribution >= 0.6 is 47.8 Å². The molecule has 0 radical (unpaired) electrons. The Bertz CT molecular complexity index is 1540. The molecule has 0 aliphatic rings. The molecular formula is C29H16Br3NO3. The lowest BCUT2D eigenvalue weighted by Crippen LogP contribution is -2.15. The summed E-state index contributed by atoms with van der Waals surface area (Å²) >= 11 is 10.2. The number of aromatic nitrogens is 1. The number of benzene rings is 3. The van der Waals surface area contributed by atoms with Crippen molar-refractivity contribution in [2.45, 2.75) is 0 Å². The fraction of sp³-hybridized carbons (Fsp3) is 0. The number of halogens is 3. The molecule has 0 fully saturated rings. The Hall–Kier alpha value is -3.13. The molecule has 0 saturated heterocycles. The summed E-state index contributed by atoms with van der Waals surface area (Å²) < 4.78 is 4.12. The number of hydrogen-bond donors (Lipinski definition) is 0. The van der Waals surface area contributed by atoms with E-state index < -0.39 is 5.78 Å². The van der Waals surface area contributed by atoms with E-state index in [1.807, 2.05) is 0 Å². The summed E-state index contributed by atoms with van der Waals surface area (Å²) in [7, 11) is 0. The van der Waals surface area contributed by atoms with Crippen molar-refractivity contribution in [3.63, 3.8) is 0 Å². The summed E-state index contributed by atoms with van der Waals surface area (Å²) in [4.78, 5) is 41.8. The van der Waals surface area contributed by atoms with Crippen LogP contribution in [0.4, 0.5) is 0 Å². The molecule has 0 saturated carbocycles. The molecule has 0 N–H and O–H groups in total. The molecule has 5 rings (SSSR count). The quantitative estimate of drug-likeness (QED) is 0.173. The SMILES string of the molecule is O=C(c1ccc(Br)cc1)c1c(C(=O)c2ccc(Br)cc2)c2ccccn2c1C(=O)c1ccc(Br)cc1. The summed E-state index contributed by atoms with van der Waals surface area (Å²) in [5, 5.41) is 0. The van der Waals surface area contributed by atoms with Gasteiger partial charge in [0.2, 0.25) is 5.78 Å². The lowest BCUT2D eigenvalue weighted by Gasteiger charge is -2.08. The number of rotatable bonds is 6. The first kappa shape index (κ1) is 24.6. The summed E-state index contributed by atoms with van der Waals surface area (Å²) in [6.07, 6.45) is 1.71. The molecule has 36 heavy (non-hydrogen) atoms. The van der Waals surface area contributed by atoms with Gasteiger partial charge in [-0.2, -0.15) is 0 Å². The molecule has 0 amide bonds. The topological polar surface area (TPSA) is 55.6 Å². The van der Waals surface area contributed by atoms with E-state index in [0.29, 0.717) is 22.2 Å². The van der Waals surface area contributed by atoms with E-state index in [-0.39, 0.29) is 28.4 Å². The lowest BCUT2D eigenvalue weighted by atomic mass is 9.92. The van der Waals surface area contributed by atoms with Crippen molar-refractivity contribution < 1.29 is 14.4 Å². The summed E-state index contributed by atoms with van der Waals surface area (Å²) in [6, 6.07) is 26.1. The fourth-order valence-electron chi connectivity index (χ4n) is 4.11. The zero-order valence-electron chi connectivity index (χ0n) is 18.5. The van der Waals surface area contributed by atoms with Crippen molar-refractivity contribution in [2.75, 3.05) is 0 Å². The highest BCUT2D eigenvalue weighted by Gasteiger charge is 2.32. The van der Waals surface area contributed by atoms with Crippen molar-refractivity contribution >= 4 is 70.7 Å². The van der Waals surface area contributed by atoms with Crippen molar-refractivity contribution in [3.05, 3.63) is 144 Å². The summed E-state index contributed by atoms with van der Waals surface area (Å²) in [6.45, 7) is 0. The van der Waals surface area contributed by atoms with Gasteiger partial charge in [-0.15, -0.1) is 0 Å². The molecule has 4 nitrogen and oxygen atoms in total. The van der Waals surface area contributed by atoms with E-state index in [0.717, 1.165) is 13.4 Å². The van der Waals surface area contributed by atoms with E-state index in [1.54, 1.807) is 102 Å². The van der Waals surface area contributed by atoms with Crippen LogP contribution in [0.1, 0.15) is 47.9 Å². The number of pyridine rings is 1. The Labute approximate surface area is 232 Å². The van der Waals surface area contributed by atoms with E-state index in [4.69, 9.17) is 0 Å². The number of carbonyl (C=O) groups excluding carboxylic acids is 3.